The van der Waals surface area contributed by atoms with Crippen molar-refractivity contribution in [3.8, 4) is 0 Å². The van der Waals surface area contributed by atoms with Gasteiger partial charge in [0.15, 0.2) is 0 Å². The monoisotopic (exact) mass is 357 g/mol. The summed E-state index contributed by atoms with van der Waals surface area (Å²) in [5, 5.41) is 22.6. The second kappa shape index (κ2) is 9.01. The molecular formula is C17H27NO5S. The molecule has 24 heavy (non-hydrogen) atoms. The molecule has 2 aliphatic rings. The van der Waals surface area contributed by atoms with Crippen molar-refractivity contribution < 1.29 is 24.5 Å². The van der Waals surface area contributed by atoms with E-state index in [2.05, 4.69) is 12.2 Å². The molecule has 0 aromatic rings. The molecule has 6 nitrogen and oxygen atoms in total. The molecule has 1 unspecified atom stereocenters. The third-order valence-corrected chi connectivity index (χ3v) is 4.99. The molecule has 0 radical (unpaired) electrons. The fourth-order valence-corrected chi connectivity index (χ4v) is 3.61. The average molecular weight is 357 g/mol. The van der Waals surface area contributed by atoms with Crippen LogP contribution in [0.3, 0.4) is 0 Å². The summed E-state index contributed by atoms with van der Waals surface area (Å²) in [4.78, 5) is 12.7. The summed E-state index contributed by atoms with van der Waals surface area (Å²) < 4.78 is 11.2. The molecule has 1 fully saturated rings. The van der Waals surface area contributed by atoms with Crippen molar-refractivity contribution in [3.05, 3.63) is 11.6 Å². The lowest BCUT2D eigenvalue weighted by Gasteiger charge is -2.31. The lowest BCUT2D eigenvalue weighted by Crippen LogP contribution is -2.46. The van der Waals surface area contributed by atoms with E-state index in [9.17, 15) is 15.0 Å². The SMILES string of the molecule is CCCCC(=S)CC1NC(=O)CC=C1[C@@H]1O[C@H](CO)[C@H](O)[C@@H]1OC. The van der Waals surface area contributed by atoms with Gasteiger partial charge in [-0.15, -0.1) is 0 Å². The Kier molecular flexibility index (Phi) is 7.31. The van der Waals surface area contributed by atoms with Crippen molar-refractivity contribution in [2.24, 2.45) is 0 Å². The van der Waals surface area contributed by atoms with Crippen LogP contribution >= 0.6 is 12.2 Å². The van der Waals surface area contributed by atoms with E-state index in [-0.39, 0.29) is 25.0 Å². The molecule has 5 atom stereocenters. The Balaban J connectivity index is 2.15. The van der Waals surface area contributed by atoms with Crippen LogP contribution in [0.15, 0.2) is 11.6 Å². The number of nitrogens with one attached hydrogen (secondary N) is 1. The van der Waals surface area contributed by atoms with Crippen molar-refractivity contribution in [1.29, 1.82) is 0 Å². The number of carbonyl (C=O) groups is 1. The highest BCUT2D eigenvalue weighted by Crippen LogP contribution is 2.32. The highest BCUT2D eigenvalue weighted by Gasteiger charge is 2.47. The predicted octanol–water partition coefficient (Wildman–Crippen LogP) is 0.887. The minimum Gasteiger partial charge on any atom is -0.394 e. The quantitative estimate of drug-likeness (QED) is 0.442. The molecule has 0 saturated carbocycles. The van der Waals surface area contributed by atoms with Crippen LogP contribution in [0, 0.1) is 0 Å². The highest BCUT2D eigenvalue weighted by atomic mass is 32.1. The molecule has 0 aliphatic carbocycles. The maximum atomic E-state index is 11.8. The number of hydrogen-bond acceptors (Lipinski definition) is 6. The van der Waals surface area contributed by atoms with Crippen molar-refractivity contribution in [3.63, 3.8) is 0 Å². The zero-order valence-electron chi connectivity index (χ0n) is 14.2. The van der Waals surface area contributed by atoms with E-state index < -0.39 is 24.4 Å². The largest absolute Gasteiger partial charge is 0.394 e. The fraction of sp³-hybridized carbons (Fsp3) is 0.765. The van der Waals surface area contributed by atoms with Gasteiger partial charge < -0.3 is 25.0 Å². The molecule has 1 amide bonds. The van der Waals surface area contributed by atoms with Crippen LogP contribution in [0.2, 0.25) is 0 Å². The summed E-state index contributed by atoms with van der Waals surface area (Å²) in [7, 11) is 1.51. The minimum atomic E-state index is -0.906. The molecule has 3 N–H and O–H groups in total. The molecule has 1 saturated heterocycles. The van der Waals surface area contributed by atoms with Crippen LogP contribution in [0.5, 0.6) is 0 Å². The molecule has 0 aromatic carbocycles. The number of thiocarbonyl (C=S) groups is 1. The zero-order valence-corrected chi connectivity index (χ0v) is 15.1. The number of carbonyl (C=O) groups excluding carboxylic acids is 1. The third-order valence-electron chi connectivity index (χ3n) is 4.62. The molecule has 2 rings (SSSR count). The number of methoxy groups -OCH3 is 1. The van der Waals surface area contributed by atoms with Crippen molar-refractivity contribution in [2.45, 2.75) is 69.5 Å². The number of aliphatic hydroxyl groups excluding tert-OH is 2. The summed E-state index contributed by atoms with van der Waals surface area (Å²) in [6.07, 6.45) is 2.97. The zero-order chi connectivity index (χ0) is 17.7. The smallest absolute Gasteiger partial charge is 0.224 e. The van der Waals surface area contributed by atoms with Gasteiger partial charge >= 0.3 is 0 Å². The van der Waals surface area contributed by atoms with Crippen molar-refractivity contribution in [1.82, 2.24) is 5.32 Å². The van der Waals surface area contributed by atoms with Crippen molar-refractivity contribution >= 4 is 23.0 Å². The van der Waals surface area contributed by atoms with E-state index in [1.807, 2.05) is 6.08 Å². The summed E-state index contributed by atoms with van der Waals surface area (Å²) in [6.45, 7) is 1.83. The van der Waals surface area contributed by atoms with Gasteiger partial charge in [-0.25, -0.2) is 0 Å². The third kappa shape index (κ3) is 4.40. The van der Waals surface area contributed by atoms with Gasteiger partial charge in [0, 0.05) is 20.0 Å². The lowest BCUT2D eigenvalue weighted by atomic mass is 9.89. The van der Waals surface area contributed by atoms with Gasteiger partial charge in [-0.2, -0.15) is 0 Å². The topological polar surface area (TPSA) is 88.0 Å². The first kappa shape index (κ1) is 19.5. The van der Waals surface area contributed by atoms with E-state index in [4.69, 9.17) is 21.7 Å². The number of rotatable bonds is 8. The molecule has 7 heteroatoms. The Morgan fingerprint density at radius 3 is 2.92 bits per heavy atom. The Bertz CT molecular complexity index is 495. The average Bonchev–Trinajstić information content (AvgIpc) is 2.88. The first-order valence-electron chi connectivity index (χ1n) is 8.50. The molecule has 136 valence electrons. The van der Waals surface area contributed by atoms with Crippen LogP contribution in [0.4, 0.5) is 0 Å². The van der Waals surface area contributed by atoms with Crippen LogP contribution in [-0.2, 0) is 14.3 Å². The standard InChI is InChI=1S/C17H27NO5S/c1-3-4-5-10(24)8-12-11(6-7-14(20)18-12)16-17(22-2)15(21)13(9-19)23-16/h6,12-13,15-17,19,21H,3-5,7-9H2,1-2H3,(H,18,20)/t12?,13-,15+,16+,17+/m1/s1. The number of ether oxygens (including phenoxy) is 2. The van der Waals surface area contributed by atoms with Gasteiger partial charge in [-0.3, -0.25) is 4.79 Å². The molecule has 0 bridgehead atoms. The summed E-state index contributed by atoms with van der Waals surface area (Å²) in [5.41, 5.74) is 0.871. The van der Waals surface area contributed by atoms with Crippen molar-refractivity contribution in [2.75, 3.05) is 13.7 Å². The van der Waals surface area contributed by atoms with Crippen LogP contribution in [0.25, 0.3) is 0 Å². The lowest BCUT2D eigenvalue weighted by molar-refractivity contribution is -0.121. The number of hydrogen-bond donors (Lipinski definition) is 3. The maximum Gasteiger partial charge on any atom is 0.224 e. The van der Waals surface area contributed by atoms with Gasteiger partial charge in [0.25, 0.3) is 0 Å². The second-order valence-electron chi connectivity index (χ2n) is 6.34. The Morgan fingerprint density at radius 2 is 2.29 bits per heavy atom. The number of unbranched alkanes of at least 4 members (excludes halogenated alkanes) is 1. The molecule has 0 spiro atoms. The van der Waals surface area contributed by atoms with Crippen LogP contribution in [0.1, 0.15) is 39.0 Å². The maximum absolute atomic E-state index is 11.8. The second-order valence-corrected chi connectivity index (χ2v) is 6.92. The summed E-state index contributed by atoms with van der Waals surface area (Å²) in [6, 6.07) is -0.247. The van der Waals surface area contributed by atoms with E-state index >= 15 is 0 Å². The van der Waals surface area contributed by atoms with Crippen LogP contribution < -0.4 is 5.32 Å². The Hall–Kier alpha value is -0.860. The summed E-state index contributed by atoms with van der Waals surface area (Å²) in [5.74, 6) is -0.0479. The predicted molar refractivity (Wildman–Crippen MR) is 93.9 cm³/mol. The molecule has 0 aromatic heterocycles. The number of amides is 1. The van der Waals surface area contributed by atoms with E-state index in [0.29, 0.717) is 6.42 Å². The highest BCUT2D eigenvalue weighted by molar-refractivity contribution is 7.80. The van der Waals surface area contributed by atoms with Gasteiger partial charge in [0.2, 0.25) is 5.91 Å². The first-order chi connectivity index (χ1) is 11.5. The molecule has 2 aliphatic heterocycles. The Labute approximate surface area is 148 Å². The van der Waals surface area contributed by atoms with Gasteiger partial charge in [0.1, 0.15) is 24.4 Å². The minimum absolute atomic E-state index is 0.0479. The molecule has 2 heterocycles. The van der Waals surface area contributed by atoms with Gasteiger partial charge in [-0.05, 0) is 23.3 Å². The van der Waals surface area contributed by atoms with E-state index in [1.54, 1.807) is 0 Å². The van der Waals surface area contributed by atoms with E-state index in [1.165, 1.54) is 7.11 Å². The molecular weight excluding hydrogens is 330 g/mol. The fourth-order valence-electron chi connectivity index (χ4n) is 3.30. The normalized spacial score (nSPS) is 33.2. The first-order valence-corrected chi connectivity index (χ1v) is 8.90. The summed E-state index contributed by atoms with van der Waals surface area (Å²) >= 11 is 5.45. The Morgan fingerprint density at radius 1 is 1.54 bits per heavy atom. The van der Waals surface area contributed by atoms with Crippen LogP contribution in [-0.4, -0.2) is 65.2 Å². The van der Waals surface area contributed by atoms with Gasteiger partial charge in [-0.1, -0.05) is 31.6 Å². The number of aliphatic hydroxyl groups is 2. The van der Waals surface area contributed by atoms with Gasteiger partial charge in [0.05, 0.1) is 12.6 Å². The van der Waals surface area contributed by atoms with E-state index in [0.717, 1.165) is 29.7 Å².